The molecule has 2 aromatic rings. The van der Waals surface area contributed by atoms with Gasteiger partial charge in [-0.25, -0.2) is 0 Å². The molecule has 10 heteroatoms. The van der Waals surface area contributed by atoms with Gasteiger partial charge in [-0.05, 0) is 44.0 Å². The number of H-pyrrole nitrogens is 1. The monoisotopic (exact) mass is 434 g/mol. The van der Waals surface area contributed by atoms with Crippen LogP contribution in [0.2, 0.25) is 0 Å². The van der Waals surface area contributed by atoms with E-state index in [1.54, 1.807) is 4.90 Å². The van der Waals surface area contributed by atoms with Gasteiger partial charge in [0.2, 0.25) is 5.91 Å². The molecule has 2 aliphatic heterocycles. The number of likely N-dealkylation sites (tertiary alicyclic amines) is 1. The Morgan fingerprint density at radius 3 is 2.60 bits per heavy atom. The number of fused-ring (bicyclic) bond motifs is 1. The first kappa shape index (κ1) is 20.5. The molecule has 1 N–H and O–H groups in total. The minimum absolute atomic E-state index is 0.0395. The van der Waals surface area contributed by atoms with E-state index in [4.69, 9.17) is 0 Å². The van der Waals surface area contributed by atoms with Gasteiger partial charge in [-0.1, -0.05) is 0 Å². The smallest absolute Gasteiger partial charge is 0.332 e. The molecule has 0 unspecified atom stereocenters. The van der Waals surface area contributed by atoms with Crippen molar-refractivity contribution in [2.24, 2.45) is 5.92 Å². The quantitative estimate of drug-likeness (QED) is 0.742. The van der Waals surface area contributed by atoms with Crippen LogP contribution >= 0.6 is 0 Å². The molecule has 3 heterocycles. The second-order valence-electron chi connectivity index (χ2n) is 7.84. The van der Waals surface area contributed by atoms with Crippen LogP contribution in [0.1, 0.15) is 40.2 Å². The molecule has 1 aromatic carbocycles. The van der Waals surface area contributed by atoms with E-state index in [2.05, 4.69) is 10.2 Å². The van der Waals surface area contributed by atoms with Crippen molar-refractivity contribution in [2.45, 2.75) is 37.6 Å². The molecule has 0 bridgehead atoms. The number of nitrogens with one attached hydrogen (secondary N) is 1. The average Bonchev–Trinajstić information content (AvgIpc) is 3.12. The zero-order valence-corrected chi connectivity index (χ0v) is 17.4. The number of aromatic amines is 1. The third-order valence-corrected chi connectivity index (χ3v) is 6.71. The molecular weight excluding hydrogens is 411 g/mol. The summed E-state index contributed by atoms with van der Waals surface area (Å²) in [6.07, 6.45) is 2.14. The lowest BCUT2D eigenvalue weighted by atomic mass is 9.94. The summed E-state index contributed by atoms with van der Waals surface area (Å²) in [4.78, 5) is 28.9. The SMILES string of the molecule is Cc1[nH]nc2c1CN(C(=O)[C@@H]1CCCN(C(=O)c3ccc(S(=O)(=O)F)cc3)C1)CC2. The number of nitrogens with zero attached hydrogens (tertiary/aromatic N) is 3. The van der Waals surface area contributed by atoms with E-state index in [1.165, 1.54) is 12.1 Å². The summed E-state index contributed by atoms with van der Waals surface area (Å²) in [7, 11) is -4.80. The Labute approximate surface area is 174 Å². The summed E-state index contributed by atoms with van der Waals surface area (Å²) in [5.41, 5.74) is 3.32. The number of carbonyl (C=O) groups is 2. The molecule has 30 heavy (non-hydrogen) atoms. The summed E-state index contributed by atoms with van der Waals surface area (Å²) in [5.74, 6) is -0.526. The second kappa shape index (κ2) is 7.82. The molecule has 2 aliphatic rings. The molecule has 1 atom stereocenters. The Kier molecular flexibility index (Phi) is 5.35. The van der Waals surface area contributed by atoms with Crippen molar-refractivity contribution in [2.75, 3.05) is 19.6 Å². The van der Waals surface area contributed by atoms with Crippen molar-refractivity contribution in [3.05, 3.63) is 46.8 Å². The van der Waals surface area contributed by atoms with Crippen LogP contribution in [0.5, 0.6) is 0 Å². The van der Waals surface area contributed by atoms with E-state index < -0.39 is 15.1 Å². The zero-order chi connectivity index (χ0) is 21.5. The van der Waals surface area contributed by atoms with Crippen molar-refractivity contribution < 1.29 is 21.9 Å². The number of hydrogen-bond acceptors (Lipinski definition) is 5. The third-order valence-electron chi connectivity index (χ3n) is 5.88. The van der Waals surface area contributed by atoms with Gasteiger partial charge in [-0.3, -0.25) is 14.7 Å². The van der Waals surface area contributed by atoms with Crippen molar-refractivity contribution >= 4 is 22.0 Å². The lowest BCUT2D eigenvalue weighted by Gasteiger charge is -2.36. The van der Waals surface area contributed by atoms with E-state index in [1.807, 2.05) is 11.8 Å². The normalized spacial score (nSPS) is 19.5. The van der Waals surface area contributed by atoms with Gasteiger partial charge >= 0.3 is 10.2 Å². The molecule has 1 fully saturated rings. The minimum Gasteiger partial charge on any atom is -0.338 e. The molecule has 2 amide bonds. The number of aromatic nitrogens is 2. The summed E-state index contributed by atoms with van der Waals surface area (Å²) in [6.45, 7) is 3.92. The van der Waals surface area contributed by atoms with Gasteiger partial charge in [0.15, 0.2) is 0 Å². The van der Waals surface area contributed by atoms with Gasteiger partial charge in [0, 0.05) is 49.4 Å². The highest BCUT2D eigenvalue weighted by Crippen LogP contribution is 2.25. The van der Waals surface area contributed by atoms with E-state index in [9.17, 15) is 21.9 Å². The number of halogens is 1. The fourth-order valence-corrected chi connectivity index (χ4v) is 4.64. The van der Waals surface area contributed by atoms with Crippen molar-refractivity contribution in [1.29, 1.82) is 0 Å². The lowest BCUT2D eigenvalue weighted by molar-refractivity contribution is -0.137. The van der Waals surface area contributed by atoms with Gasteiger partial charge in [0.1, 0.15) is 0 Å². The number of amides is 2. The Morgan fingerprint density at radius 2 is 1.90 bits per heavy atom. The molecule has 1 saturated heterocycles. The number of carbonyl (C=O) groups excluding carboxylic acids is 2. The number of aryl methyl sites for hydroxylation is 1. The summed E-state index contributed by atoms with van der Waals surface area (Å²) in [5, 5.41) is 7.25. The Morgan fingerprint density at radius 1 is 1.17 bits per heavy atom. The van der Waals surface area contributed by atoms with Crippen molar-refractivity contribution in [3.63, 3.8) is 0 Å². The maximum absolute atomic E-state index is 13.1. The van der Waals surface area contributed by atoms with Crippen LogP contribution in [-0.2, 0) is 28.0 Å². The molecule has 0 saturated carbocycles. The van der Waals surface area contributed by atoms with E-state index in [0.717, 1.165) is 35.5 Å². The van der Waals surface area contributed by atoms with Crippen LogP contribution in [0.25, 0.3) is 0 Å². The standard InChI is InChI=1S/C20H23FN4O4S/c1-13-17-12-25(10-8-18(17)23-22-13)20(27)15-3-2-9-24(11-15)19(26)14-4-6-16(7-5-14)30(21,28)29/h4-7,15H,2-3,8-12H2,1H3,(H,22,23)/t15-/m1/s1. The van der Waals surface area contributed by atoms with E-state index in [-0.39, 0.29) is 23.3 Å². The minimum atomic E-state index is -4.80. The first-order valence-corrected chi connectivity index (χ1v) is 11.3. The van der Waals surface area contributed by atoms with Crippen molar-refractivity contribution in [1.82, 2.24) is 20.0 Å². The van der Waals surface area contributed by atoms with Gasteiger partial charge in [-0.2, -0.15) is 13.5 Å². The lowest BCUT2D eigenvalue weighted by Crippen LogP contribution is -2.47. The summed E-state index contributed by atoms with van der Waals surface area (Å²) < 4.78 is 35.0. The number of hydrogen-bond donors (Lipinski definition) is 1. The van der Waals surface area contributed by atoms with Crippen LogP contribution in [0, 0.1) is 12.8 Å². The Balaban J connectivity index is 1.43. The molecule has 0 radical (unpaired) electrons. The fraction of sp³-hybridized carbons (Fsp3) is 0.450. The van der Waals surface area contributed by atoms with Crippen LogP contribution in [-0.4, -0.2) is 59.9 Å². The van der Waals surface area contributed by atoms with Gasteiger partial charge in [-0.15, -0.1) is 3.89 Å². The predicted molar refractivity (Wildman–Crippen MR) is 106 cm³/mol. The highest BCUT2D eigenvalue weighted by atomic mass is 32.3. The van der Waals surface area contributed by atoms with Crippen LogP contribution in [0.3, 0.4) is 0 Å². The highest BCUT2D eigenvalue weighted by molar-refractivity contribution is 7.86. The van der Waals surface area contributed by atoms with Crippen LogP contribution < -0.4 is 0 Å². The van der Waals surface area contributed by atoms with Gasteiger partial charge < -0.3 is 9.80 Å². The topological polar surface area (TPSA) is 103 Å². The van der Waals surface area contributed by atoms with Crippen molar-refractivity contribution in [3.8, 4) is 0 Å². The Hall–Kier alpha value is -2.75. The average molecular weight is 434 g/mol. The first-order valence-electron chi connectivity index (χ1n) is 9.89. The zero-order valence-electron chi connectivity index (χ0n) is 16.6. The molecule has 4 rings (SSSR count). The summed E-state index contributed by atoms with van der Waals surface area (Å²) in [6, 6.07) is 4.75. The molecule has 1 aromatic heterocycles. The Bertz CT molecular complexity index is 1080. The largest absolute Gasteiger partial charge is 0.338 e. The molecular formula is C20H23FN4O4S. The van der Waals surface area contributed by atoms with Gasteiger partial charge in [0.05, 0.1) is 16.5 Å². The number of benzene rings is 1. The molecule has 8 nitrogen and oxygen atoms in total. The molecule has 0 spiro atoms. The maximum atomic E-state index is 13.1. The number of piperidine rings is 1. The van der Waals surface area contributed by atoms with E-state index >= 15 is 0 Å². The summed E-state index contributed by atoms with van der Waals surface area (Å²) >= 11 is 0. The molecule has 160 valence electrons. The van der Waals surface area contributed by atoms with Crippen LogP contribution in [0.15, 0.2) is 29.2 Å². The number of rotatable bonds is 3. The van der Waals surface area contributed by atoms with Crippen LogP contribution in [0.4, 0.5) is 3.89 Å². The second-order valence-corrected chi connectivity index (χ2v) is 9.18. The maximum Gasteiger partial charge on any atom is 0.332 e. The van der Waals surface area contributed by atoms with E-state index in [0.29, 0.717) is 39.0 Å². The first-order chi connectivity index (χ1) is 14.2. The third kappa shape index (κ3) is 3.96. The highest BCUT2D eigenvalue weighted by Gasteiger charge is 2.33. The predicted octanol–water partition coefficient (Wildman–Crippen LogP) is 1.81. The molecule has 0 aliphatic carbocycles. The van der Waals surface area contributed by atoms with Gasteiger partial charge in [0.25, 0.3) is 5.91 Å². The fourth-order valence-electron chi connectivity index (χ4n) is 4.18.